The van der Waals surface area contributed by atoms with Gasteiger partial charge in [-0.15, -0.1) is 37.2 Å². The van der Waals surface area contributed by atoms with Crippen molar-refractivity contribution in [3.05, 3.63) is 17.8 Å². The van der Waals surface area contributed by atoms with Crippen LogP contribution in [0.3, 0.4) is 0 Å². The van der Waals surface area contributed by atoms with Crippen LogP contribution in [0.5, 0.6) is 0 Å². The summed E-state index contributed by atoms with van der Waals surface area (Å²) in [4.78, 5) is 6.84. The second-order valence-electron chi connectivity index (χ2n) is 5.77. The van der Waals surface area contributed by atoms with Crippen LogP contribution in [0.15, 0.2) is 10.6 Å². The van der Waals surface area contributed by atoms with E-state index in [2.05, 4.69) is 42.9 Å². The van der Waals surface area contributed by atoms with Gasteiger partial charge in [0, 0.05) is 31.6 Å². The topological polar surface area (TPSA) is 41.3 Å². The van der Waals surface area contributed by atoms with Gasteiger partial charge in [-0.25, -0.2) is 4.98 Å². The average Bonchev–Trinajstić information content (AvgIpc) is 2.78. The van der Waals surface area contributed by atoms with Crippen molar-refractivity contribution in [2.45, 2.75) is 39.2 Å². The molecule has 0 amide bonds. The fourth-order valence-electron chi connectivity index (χ4n) is 2.05. The van der Waals surface area contributed by atoms with E-state index in [0.29, 0.717) is 0 Å². The van der Waals surface area contributed by atoms with Crippen LogP contribution >= 0.6 is 37.2 Å². The second kappa shape index (κ2) is 9.11. The lowest BCUT2D eigenvalue weighted by Gasteiger charge is -2.31. The molecular formula is C13H26Cl3N3O. The maximum Gasteiger partial charge on any atom is 0.211 e. The van der Waals surface area contributed by atoms with Crippen LogP contribution in [-0.2, 0) is 5.41 Å². The van der Waals surface area contributed by atoms with Crippen LogP contribution in [0.4, 0.5) is 0 Å². The molecule has 20 heavy (non-hydrogen) atoms. The van der Waals surface area contributed by atoms with Crippen molar-refractivity contribution in [2.75, 3.05) is 26.2 Å². The Bertz CT molecular complexity index is 373. The monoisotopic (exact) mass is 345 g/mol. The molecule has 1 unspecified atom stereocenters. The maximum absolute atomic E-state index is 5.89. The second-order valence-corrected chi connectivity index (χ2v) is 5.77. The smallest absolute Gasteiger partial charge is 0.211 e. The van der Waals surface area contributed by atoms with Gasteiger partial charge < -0.3 is 9.73 Å². The normalized spacial score (nSPS) is 17.4. The van der Waals surface area contributed by atoms with E-state index < -0.39 is 0 Å². The van der Waals surface area contributed by atoms with Crippen molar-refractivity contribution in [1.82, 2.24) is 15.2 Å². The molecule has 2 rings (SSSR count). The Labute approximate surface area is 140 Å². The highest BCUT2D eigenvalue weighted by Crippen LogP contribution is 2.27. The molecular weight excluding hydrogens is 321 g/mol. The van der Waals surface area contributed by atoms with Crippen LogP contribution < -0.4 is 5.32 Å². The zero-order valence-electron chi connectivity index (χ0n) is 12.5. The van der Waals surface area contributed by atoms with Crippen LogP contribution in [0.1, 0.15) is 45.4 Å². The summed E-state index contributed by atoms with van der Waals surface area (Å²) in [7, 11) is 0. The number of aromatic nitrogens is 1. The summed E-state index contributed by atoms with van der Waals surface area (Å²) in [6, 6.07) is 0.271. The Morgan fingerprint density at radius 1 is 1.20 bits per heavy atom. The van der Waals surface area contributed by atoms with E-state index in [0.717, 1.165) is 37.8 Å². The van der Waals surface area contributed by atoms with Crippen molar-refractivity contribution in [2.24, 2.45) is 0 Å². The molecule has 1 aromatic rings. The third-order valence-corrected chi connectivity index (χ3v) is 3.32. The zero-order valence-corrected chi connectivity index (χ0v) is 15.0. The molecule has 1 aromatic heterocycles. The first-order chi connectivity index (χ1) is 7.98. The summed E-state index contributed by atoms with van der Waals surface area (Å²) < 4.78 is 5.89. The van der Waals surface area contributed by atoms with E-state index in [4.69, 9.17) is 4.42 Å². The Morgan fingerprint density at radius 2 is 1.75 bits per heavy atom. The van der Waals surface area contributed by atoms with E-state index >= 15 is 0 Å². The van der Waals surface area contributed by atoms with Crippen molar-refractivity contribution in [3.63, 3.8) is 0 Å². The number of oxazole rings is 1. The van der Waals surface area contributed by atoms with Crippen LogP contribution in [0.2, 0.25) is 0 Å². The fourth-order valence-corrected chi connectivity index (χ4v) is 2.05. The van der Waals surface area contributed by atoms with Crippen molar-refractivity contribution < 1.29 is 4.42 Å². The molecule has 0 saturated carbocycles. The molecule has 1 fully saturated rings. The van der Waals surface area contributed by atoms with Crippen LogP contribution in [0.25, 0.3) is 0 Å². The largest absolute Gasteiger partial charge is 0.443 e. The SMILES string of the molecule is CC(c1ncc(C(C)(C)C)o1)N1CCNCC1.Cl.Cl.Cl. The molecule has 2 heterocycles. The molecule has 1 saturated heterocycles. The minimum atomic E-state index is 0. The Morgan fingerprint density at radius 3 is 2.20 bits per heavy atom. The van der Waals surface area contributed by atoms with Crippen molar-refractivity contribution >= 4 is 37.2 Å². The first-order valence-corrected chi connectivity index (χ1v) is 6.39. The number of halogens is 3. The van der Waals surface area contributed by atoms with Gasteiger partial charge in [-0.2, -0.15) is 0 Å². The molecule has 0 aliphatic carbocycles. The Kier molecular flexibility index (Phi) is 10.1. The van der Waals surface area contributed by atoms with E-state index in [1.165, 1.54) is 0 Å². The number of nitrogens with one attached hydrogen (secondary N) is 1. The molecule has 7 heteroatoms. The molecule has 1 N–H and O–H groups in total. The minimum Gasteiger partial charge on any atom is -0.443 e. The third kappa shape index (κ3) is 5.41. The summed E-state index contributed by atoms with van der Waals surface area (Å²) in [6.45, 7) is 12.8. The Hall–Kier alpha value is -0.000000000000000111. The zero-order chi connectivity index (χ0) is 12.5. The number of nitrogens with zero attached hydrogens (tertiary/aromatic N) is 2. The molecule has 120 valence electrons. The summed E-state index contributed by atoms with van der Waals surface area (Å²) >= 11 is 0. The van der Waals surface area contributed by atoms with E-state index in [9.17, 15) is 0 Å². The van der Waals surface area contributed by atoms with Gasteiger partial charge in [0.1, 0.15) is 5.76 Å². The van der Waals surface area contributed by atoms with Gasteiger partial charge in [-0.05, 0) is 6.92 Å². The van der Waals surface area contributed by atoms with Gasteiger partial charge >= 0.3 is 0 Å². The standard InChI is InChI=1S/C13H23N3O.3ClH/c1-10(16-7-5-14-6-8-16)12-15-9-11(17-12)13(2,3)4;;;/h9-10,14H,5-8H2,1-4H3;3*1H. The maximum atomic E-state index is 5.89. The van der Waals surface area contributed by atoms with Gasteiger partial charge in [0.05, 0.1) is 12.2 Å². The highest BCUT2D eigenvalue weighted by atomic mass is 35.5. The number of hydrogen-bond acceptors (Lipinski definition) is 4. The summed E-state index contributed by atoms with van der Waals surface area (Å²) in [6.07, 6.45) is 1.87. The molecule has 0 aromatic carbocycles. The third-order valence-electron chi connectivity index (χ3n) is 3.32. The molecule has 1 aliphatic heterocycles. The van der Waals surface area contributed by atoms with E-state index in [-0.39, 0.29) is 48.7 Å². The highest BCUT2D eigenvalue weighted by Gasteiger charge is 2.25. The molecule has 1 atom stereocenters. The van der Waals surface area contributed by atoms with Crippen molar-refractivity contribution in [3.8, 4) is 0 Å². The van der Waals surface area contributed by atoms with Gasteiger partial charge in [0.15, 0.2) is 0 Å². The van der Waals surface area contributed by atoms with Gasteiger partial charge in [-0.1, -0.05) is 20.8 Å². The molecule has 0 radical (unpaired) electrons. The van der Waals surface area contributed by atoms with E-state index in [1.54, 1.807) is 0 Å². The molecule has 0 bridgehead atoms. The molecule has 1 aliphatic rings. The van der Waals surface area contributed by atoms with Gasteiger partial charge in [0.25, 0.3) is 0 Å². The Balaban J connectivity index is 0. The lowest BCUT2D eigenvalue weighted by atomic mass is 9.94. The summed E-state index contributed by atoms with van der Waals surface area (Å²) in [5, 5.41) is 3.36. The number of hydrogen-bond donors (Lipinski definition) is 1. The predicted molar refractivity (Wildman–Crippen MR) is 89.8 cm³/mol. The predicted octanol–water partition coefficient (Wildman–Crippen LogP) is 3.20. The van der Waals surface area contributed by atoms with Gasteiger partial charge in [-0.3, -0.25) is 4.90 Å². The van der Waals surface area contributed by atoms with Gasteiger partial charge in [0.2, 0.25) is 5.89 Å². The lowest BCUT2D eigenvalue weighted by Crippen LogP contribution is -2.44. The quantitative estimate of drug-likeness (QED) is 0.893. The first kappa shape index (κ1) is 22.3. The molecule has 4 nitrogen and oxygen atoms in total. The van der Waals surface area contributed by atoms with E-state index in [1.807, 2.05) is 6.20 Å². The first-order valence-electron chi connectivity index (χ1n) is 6.39. The minimum absolute atomic E-state index is 0. The molecule has 0 spiro atoms. The lowest BCUT2D eigenvalue weighted by molar-refractivity contribution is 0.159. The highest BCUT2D eigenvalue weighted by molar-refractivity contribution is 5.86. The number of piperazine rings is 1. The van der Waals surface area contributed by atoms with Crippen molar-refractivity contribution in [1.29, 1.82) is 0 Å². The summed E-state index contributed by atoms with van der Waals surface area (Å²) in [5.74, 6) is 1.81. The van der Waals surface area contributed by atoms with Crippen LogP contribution in [0, 0.1) is 0 Å². The summed E-state index contributed by atoms with van der Waals surface area (Å²) in [5.41, 5.74) is 0.0361. The fraction of sp³-hybridized carbons (Fsp3) is 0.769. The number of rotatable bonds is 2. The van der Waals surface area contributed by atoms with Crippen LogP contribution in [-0.4, -0.2) is 36.1 Å². The average molecular weight is 347 g/mol.